The number of carbonyl (C=O) groups is 2. The van der Waals surface area contributed by atoms with Crippen LogP contribution in [-0.2, 0) is 9.84 Å². The van der Waals surface area contributed by atoms with E-state index in [1.807, 2.05) is 19.9 Å². The molecule has 0 amide bonds. The van der Waals surface area contributed by atoms with Crippen LogP contribution in [-0.4, -0.2) is 36.2 Å². The zero-order chi connectivity index (χ0) is 18.4. The van der Waals surface area contributed by atoms with Crippen LogP contribution < -0.4 is 5.32 Å². The van der Waals surface area contributed by atoms with Gasteiger partial charge in [0.2, 0.25) is 11.6 Å². The molecule has 128 valence electrons. The van der Waals surface area contributed by atoms with Crippen LogP contribution in [0.3, 0.4) is 0 Å². The smallest absolute Gasteiger partial charge is 0.231 e. The highest BCUT2D eigenvalue weighted by Crippen LogP contribution is 2.28. The van der Waals surface area contributed by atoms with Gasteiger partial charge in [-0.3, -0.25) is 9.59 Å². The molecule has 1 aliphatic rings. The lowest BCUT2D eigenvalue weighted by Gasteiger charge is -2.20. The Kier molecular flexibility index (Phi) is 4.00. The number of hydrogen-bond acceptors (Lipinski definition) is 7. The maximum Gasteiger partial charge on any atom is 0.231 e. The van der Waals surface area contributed by atoms with Crippen molar-refractivity contribution in [2.75, 3.05) is 11.6 Å². The predicted octanol–water partition coefficient (Wildman–Crippen LogP) is 1.84. The van der Waals surface area contributed by atoms with Gasteiger partial charge in [-0.25, -0.2) is 18.4 Å². The van der Waals surface area contributed by atoms with Gasteiger partial charge in [0, 0.05) is 24.3 Å². The average molecular weight is 357 g/mol. The fourth-order valence-electron chi connectivity index (χ4n) is 2.77. The Labute approximate surface area is 144 Å². The summed E-state index contributed by atoms with van der Waals surface area (Å²) >= 11 is 0. The van der Waals surface area contributed by atoms with Gasteiger partial charge < -0.3 is 5.32 Å². The summed E-state index contributed by atoms with van der Waals surface area (Å²) in [6, 6.07) is 5.44. The predicted molar refractivity (Wildman–Crippen MR) is 92.1 cm³/mol. The van der Waals surface area contributed by atoms with Crippen LogP contribution in [0.25, 0.3) is 0 Å². The van der Waals surface area contributed by atoms with Crippen LogP contribution in [0.5, 0.6) is 0 Å². The number of carbonyl (C=O) groups excluding carboxylic acids is 2. The fourth-order valence-corrected chi connectivity index (χ4v) is 3.72. The number of nitrogens with one attached hydrogen (secondary N) is 1. The van der Waals surface area contributed by atoms with E-state index >= 15 is 0 Å². The number of benzene rings is 1. The van der Waals surface area contributed by atoms with Gasteiger partial charge in [-0.05, 0) is 37.1 Å². The normalized spacial score (nSPS) is 14.5. The molecule has 25 heavy (non-hydrogen) atoms. The first kappa shape index (κ1) is 17.0. The van der Waals surface area contributed by atoms with Gasteiger partial charge in [-0.15, -0.1) is 0 Å². The molecule has 0 radical (unpaired) electrons. The quantitative estimate of drug-likeness (QED) is 0.893. The number of hydrogen-bond donors (Lipinski definition) is 1. The second kappa shape index (κ2) is 5.89. The molecule has 0 fully saturated rings. The number of aryl methyl sites for hydroxylation is 2. The second-order valence-electron chi connectivity index (χ2n) is 5.89. The summed E-state index contributed by atoms with van der Waals surface area (Å²) in [6.07, 6.45) is 3.41. The topological polar surface area (TPSA) is 106 Å². The molecule has 0 saturated carbocycles. The Morgan fingerprint density at radius 2 is 1.40 bits per heavy atom. The number of allylic oxidation sites excluding steroid dienone is 2. The highest BCUT2D eigenvalue weighted by molar-refractivity contribution is 7.95. The van der Waals surface area contributed by atoms with Gasteiger partial charge >= 0.3 is 0 Å². The number of sulfone groups is 1. The van der Waals surface area contributed by atoms with Crippen LogP contribution >= 0.6 is 0 Å². The summed E-state index contributed by atoms with van der Waals surface area (Å²) < 4.78 is 24.3. The molecule has 0 spiro atoms. The van der Waals surface area contributed by atoms with E-state index in [9.17, 15) is 18.0 Å². The molecular formula is C17H15N3O4S. The first-order valence-electron chi connectivity index (χ1n) is 7.38. The summed E-state index contributed by atoms with van der Waals surface area (Å²) in [5.74, 6) is -1.51. The van der Waals surface area contributed by atoms with Crippen molar-refractivity contribution < 1.29 is 18.0 Å². The van der Waals surface area contributed by atoms with Gasteiger partial charge in [-0.1, -0.05) is 6.07 Å². The molecule has 1 aromatic heterocycles. The number of nitrogens with zero attached hydrogens (tertiary/aromatic N) is 2. The lowest BCUT2D eigenvalue weighted by Crippen LogP contribution is -2.31. The molecular weight excluding hydrogens is 342 g/mol. The average Bonchev–Trinajstić information content (AvgIpc) is 2.50. The molecule has 8 heteroatoms. The van der Waals surface area contributed by atoms with Crippen molar-refractivity contribution in [3.8, 4) is 0 Å². The summed E-state index contributed by atoms with van der Waals surface area (Å²) in [6.45, 7) is 3.75. The number of aromatic nitrogens is 2. The van der Waals surface area contributed by atoms with Crippen LogP contribution in [0.2, 0.25) is 0 Å². The third kappa shape index (κ3) is 3.08. The number of anilines is 1. The molecule has 2 aromatic rings. The van der Waals surface area contributed by atoms with Gasteiger partial charge in [0.15, 0.2) is 9.84 Å². The summed E-state index contributed by atoms with van der Waals surface area (Å²) in [5, 5.41) is 2.80. The minimum Gasteiger partial charge on any atom is -0.351 e. The lowest BCUT2D eigenvalue weighted by molar-refractivity contribution is 0.0974. The van der Waals surface area contributed by atoms with Crippen LogP contribution in [0.1, 0.15) is 32.1 Å². The largest absolute Gasteiger partial charge is 0.351 e. The van der Waals surface area contributed by atoms with E-state index in [2.05, 4.69) is 15.3 Å². The molecule has 3 rings (SSSR count). The molecule has 0 unspecified atom stereocenters. The van der Waals surface area contributed by atoms with Crippen LogP contribution in [0, 0.1) is 13.8 Å². The molecule has 1 N–H and O–H groups in total. The number of rotatable bonds is 3. The van der Waals surface area contributed by atoms with Crippen molar-refractivity contribution in [2.24, 2.45) is 0 Å². The van der Waals surface area contributed by atoms with Gasteiger partial charge in [0.25, 0.3) is 0 Å². The van der Waals surface area contributed by atoms with E-state index in [0.717, 1.165) is 17.4 Å². The summed E-state index contributed by atoms with van der Waals surface area (Å²) in [5.41, 5.74) is 1.66. The number of fused-ring (bicyclic) bond motifs is 1. The van der Waals surface area contributed by atoms with Crippen molar-refractivity contribution >= 4 is 27.1 Å². The third-order valence-corrected chi connectivity index (χ3v) is 4.78. The molecule has 0 aliphatic heterocycles. The molecule has 0 bridgehead atoms. The molecule has 0 atom stereocenters. The maximum absolute atomic E-state index is 12.8. The van der Waals surface area contributed by atoms with Crippen molar-refractivity contribution in [2.45, 2.75) is 13.8 Å². The standard InChI is InChI=1S/C17H15N3O4S/c1-9-6-10(2)8-11(7-9)20-14-15(21)12-13(19-5-4-18-12)16(22)17(14)25(3,23)24/h4-8,20H,1-3H3. The second-order valence-corrected chi connectivity index (χ2v) is 7.84. The zero-order valence-corrected chi connectivity index (χ0v) is 14.6. The summed E-state index contributed by atoms with van der Waals surface area (Å²) in [7, 11) is -3.96. The van der Waals surface area contributed by atoms with Crippen molar-refractivity contribution in [3.63, 3.8) is 0 Å². The Hall–Kier alpha value is -2.87. The van der Waals surface area contributed by atoms with E-state index in [-0.39, 0.29) is 17.1 Å². The van der Waals surface area contributed by atoms with E-state index < -0.39 is 26.3 Å². The highest BCUT2D eigenvalue weighted by atomic mass is 32.2. The van der Waals surface area contributed by atoms with E-state index in [1.165, 1.54) is 12.4 Å². The van der Waals surface area contributed by atoms with Gasteiger partial charge in [-0.2, -0.15) is 0 Å². The van der Waals surface area contributed by atoms with Crippen molar-refractivity contribution in [3.05, 3.63) is 63.7 Å². The van der Waals surface area contributed by atoms with Gasteiger partial charge in [0.1, 0.15) is 22.0 Å². The van der Waals surface area contributed by atoms with E-state index in [4.69, 9.17) is 0 Å². The number of ketones is 2. The Balaban J connectivity index is 2.22. The maximum atomic E-state index is 12.8. The minimum absolute atomic E-state index is 0.160. The van der Waals surface area contributed by atoms with Gasteiger partial charge in [0.05, 0.1) is 0 Å². The minimum atomic E-state index is -3.96. The Bertz CT molecular complexity index is 1040. The highest BCUT2D eigenvalue weighted by Gasteiger charge is 2.39. The Morgan fingerprint density at radius 3 is 1.92 bits per heavy atom. The van der Waals surface area contributed by atoms with E-state index in [1.54, 1.807) is 12.1 Å². The monoisotopic (exact) mass is 357 g/mol. The first-order valence-corrected chi connectivity index (χ1v) is 9.27. The zero-order valence-electron chi connectivity index (χ0n) is 13.8. The molecule has 1 aliphatic carbocycles. The van der Waals surface area contributed by atoms with E-state index in [0.29, 0.717) is 5.69 Å². The first-order chi connectivity index (χ1) is 11.7. The summed E-state index contributed by atoms with van der Waals surface area (Å²) in [4.78, 5) is 32.5. The van der Waals surface area contributed by atoms with Crippen LogP contribution in [0.15, 0.2) is 41.2 Å². The fraction of sp³-hybridized carbons (Fsp3) is 0.176. The molecule has 0 saturated heterocycles. The molecule has 7 nitrogen and oxygen atoms in total. The van der Waals surface area contributed by atoms with Crippen LogP contribution in [0.4, 0.5) is 5.69 Å². The number of Topliss-reactive ketones (excluding diaryl/α,β-unsaturated/α-hetero) is 2. The molecule has 1 heterocycles. The SMILES string of the molecule is Cc1cc(C)cc(NC2=C(S(C)(=O)=O)C(=O)c3nccnc3C2=O)c1. The molecule has 1 aromatic carbocycles. The van der Waals surface area contributed by atoms with Crippen molar-refractivity contribution in [1.29, 1.82) is 0 Å². The van der Waals surface area contributed by atoms with Crippen molar-refractivity contribution in [1.82, 2.24) is 9.97 Å². The lowest BCUT2D eigenvalue weighted by atomic mass is 10.0. The third-order valence-electron chi connectivity index (χ3n) is 3.65. The Morgan fingerprint density at radius 1 is 0.880 bits per heavy atom.